The van der Waals surface area contributed by atoms with Gasteiger partial charge in [0.15, 0.2) is 0 Å². The van der Waals surface area contributed by atoms with Crippen molar-refractivity contribution in [2.45, 2.75) is 6.04 Å². The largest absolute Gasteiger partial charge is 0.492 e. The predicted molar refractivity (Wildman–Crippen MR) is 72.5 cm³/mol. The second-order valence-corrected chi connectivity index (χ2v) is 4.58. The number of benzene rings is 1. The molecular formula is C14H17N3O3. The first-order valence-electron chi connectivity index (χ1n) is 6.51. The standard InChI is InChI=1S/C14H17N3O3/c15-9-11-1-3-12(4-2-11)20-8-7-17-6-5-16-10-13(17)14(18)19/h1-4,13,16H,5-8,10H2,(H,18,19). The fraction of sp³-hybridized carbons (Fsp3) is 0.429. The van der Waals surface area contributed by atoms with E-state index in [0.29, 0.717) is 37.6 Å². The van der Waals surface area contributed by atoms with Gasteiger partial charge < -0.3 is 15.2 Å². The molecule has 0 saturated carbocycles. The maximum Gasteiger partial charge on any atom is 0.322 e. The molecule has 106 valence electrons. The molecule has 1 fully saturated rings. The number of carboxylic acids is 1. The number of hydrogen-bond acceptors (Lipinski definition) is 5. The van der Waals surface area contributed by atoms with Crippen molar-refractivity contribution in [3.63, 3.8) is 0 Å². The third-order valence-corrected chi connectivity index (χ3v) is 3.27. The van der Waals surface area contributed by atoms with E-state index < -0.39 is 12.0 Å². The van der Waals surface area contributed by atoms with E-state index in [0.717, 1.165) is 6.54 Å². The second-order valence-electron chi connectivity index (χ2n) is 4.58. The van der Waals surface area contributed by atoms with Crippen LogP contribution in [0.3, 0.4) is 0 Å². The highest BCUT2D eigenvalue weighted by atomic mass is 16.5. The van der Waals surface area contributed by atoms with Crippen molar-refractivity contribution in [3.05, 3.63) is 29.8 Å². The van der Waals surface area contributed by atoms with Gasteiger partial charge in [-0.25, -0.2) is 0 Å². The van der Waals surface area contributed by atoms with E-state index in [1.54, 1.807) is 24.3 Å². The average Bonchev–Trinajstić information content (AvgIpc) is 2.48. The van der Waals surface area contributed by atoms with Crippen molar-refractivity contribution >= 4 is 5.97 Å². The molecular weight excluding hydrogens is 258 g/mol. The van der Waals surface area contributed by atoms with Gasteiger partial charge in [0.25, 0.3) is 0 Å². The Balaban J connectivity index is 1.82. The Morgan fingerprint density at radius 2 is 2.25 bits per heavy atom. The lowest BCUT2D eigenvalue weighted by Gasteiger charge is -2.33. The molecule has 1 saturated heterocycles. The van der Waals surface area contributed by atoms with Gasteiger partial charge in [0.1, 0.15) is 18.4 Å². The summed E-state index contributed by atoms with van der Waals surface area (Å²) in [5.41, 5.74) is 0.588. The highest BCUT2D eigenvalue weighted by molar-refractivity contribution is 5.73. The number of ether oxygens (including phenoxy) is 1. The van der Waals surface area contributed by atoms with Gasteiger partial charge in [-0.1, -0.05) is 0 Å². The van der Waals surface area contributed by atoms with Gasteiger partial charge in [-0.05, 0) is 24.3 Å². The first-order valence-corrected chi connectivity index (χ1v) is 6.51. The summed E-state index contributed by atoms with van der Waals surface area (Å²) in [7, 11) is 0. The summed E-state index contributed by atoms with van der Waals surface area (Å²) in [6, 6.07) is 8.42. The minimum Gasteiger partial charge on any atom is -0.492 e. The van der Waals surface area contributed by atoms with Gasteiger partial charge in [-0.3, -0.25) is 9.69 Å². The summed E-state index contributed by atoms with van der Waals surface area (Å²) in [5.74, 6) is -0.124. The Morgan fingerprint density at radius 1 is 1.50 bits per heavy atom. The molecule has 1 aromatic rings. The number of nitrogens with one attached hydrogen (secondary N) is 1. The van der Waals surface area contributed by atoms with Gasteiger partial charge in [0.05, 0.1) is 11.6 Å². The molecule has 1 unspecified atom stereocenters. The summed E-state index contributed by atoms with van der Waals surface area (Å²) in [6.07, 6.45) is 0. The van der Waals surface area contributed by atoms with Crippen LogP contribution < -0.4 is 10.1 Å². The van der Waals surface area contributed by atoms with Gasteiger partial charge in [0, 0.05) is 26.2 Å². The first-order chi connectivity index (χ1) is 9.70. The van der Waals surface area contributed by atoms with Crippen molar-refractivity contribution in [2.24, 2.45) is 0 Å². The van der Waals surface area contributed by atoms with E-state index in [-0.39, 0.29) is 0 Å². The Morgan fingerprint density at radius 3 is 2.90 bits per heavy atom. The number of carboxylic acid groups (broad SMARTS) is 1. The van der Waals surface area contributed by atoms with Crippen molar-refractivity contribution in [1.29, 1.82) is 5.26 Å². The van der Waals surface area contributed by atoms with Crippen LogP contribution in [-0.2, 0) is 4.79 Å². The molecule has 6 heteroatoms. The molecule has 1 aliphatic rings. The molecule has 6 nitrogen and oxygen atoms in total. The fourth-order valence-electron chi connectivity index (χ4n) is 2.16. The first kappa shape index (κ1) is 14.3. The number of aliphatic carboxylic acids is 1. The molecule has 1 aromatic carbocycles. The number of nitrogens with zero attached hydrogens (tertiary/aromatic N) is 2. The number of carbonyl (C=O) groups is 1. The lowest BCUT2D eigenvalue weighted by Crippen LogP contribution is -2.55. The van der Waals surface area contributed by atoms with Crippen LogP contribution in [0.2, 0.25) is 0 Å². The summed E-state index contributed by atoms with van der Waals surface area (Å²) in [5, 5.41) is 20.9. The van der Waals surface area contributed by atoms with E-state index in [9.17, 15) is 4.79 Å². The molecule has 0 aromatic heterocycles. The topological polar surface area (TPSA) is 85.6 Å². The molecule has 0 bridgehead atoms. The normalized spacial score (nSPS) is 19.2. The Labute approximate surface area is 117 Å². The number of piperazine rings is 1. The van der Waals surface area contributed by atoms with Crippen molar-refractivity contribution in [2.75, 3.05) is 32.8 Å². The third-order valence-electron chi connectivity index (χ3n) is 3.27. The monoisotopic (exact) mass is 275 g/mol. The van der Waals surface area contributed by atoms with E-state index in [4.69, 9.17) is 15.1 Å². The molecule has 0 amide bonds. The number of hydrogen-bond donors (Lipinski definition) is 2. The van der Waals surface area contributed by atoms with Gasteiger partial charge in [-0.15, -0.1) is 0 Å². The van der Waals surface area contributed by atoms with Crippen LogP contribution in [0.1, 0.15) is 5.56 Å². The highest BCUT2D eigenvalue weighted by Crippen LogP contribution is 2.12. The maximum atomic E-state index is 11.1. The van der Waals surface area contributed by atoms with Crippen LogP contribution in [0, 0.1) is 11.3 Å². The molecule has 1 aliphatic heterocycles. The molecule has 2 rings (SSSR count). The molecule has 0 aliphatic carbocycles. The van der Waals surface area contributed by atoms with Crippen molar-refractivity contribution in [1.82, 2.24) is 10.2 Å². The third kappa shape index (κ3) is 3.70. The Bertz CT molecular complexity index is 495. The lowest BCUT2D eigenvalue weighted by atomic mass is 10.2. The van der Waals surface area contributed by atoms with Crippen molar-refractivity contribution in [3.8, 4) is 11.8 Å². The Kier molecular flexibility index (Phi) is 4.93. The SMILES string of the molecule is N#Cc1ccc(OCCN2CCNCC2C(=O)O)cc1. The Hall–Kier alpha value is -2.10. The molecule has 0 radical (unpaired) electrons. The zero-order valence-corrected chi connectivity index (χ0v) is 11.1. The van der Waals surface area contributed by atoms with Crippen LogP contribution in [0.15, 0.2) is 24.3 Å². The molecule has 1 atom stereocenters. The second kappa shape index (κ2) is 6.89. The van der Waals surface area contributed by atoms with Gasteiger partial charge >= 0.3 is 5.97 Å². The molecule has 1 heterocycles. The summed E-state index contributed by atoms with van der Waals surface area (Å²) in [6.45, 7) is 2.95. The summed E-state index contributed by atoms with van der Waals surface area (Å²) < 4.78 is 5.57. The van der Waals surface area contributed by atoms with E-state index >= 15 is 0 Å². The maximum absolute atomic E-state index is 11.1. The van der Waals surface area contributed by atoms with Crippen LogP contribution in [0.25, 0.3) is 0 Å². The van der Waals surface area contributed by atoms with Crippen LogP contribution in [0.4, 0.5) is 0 Å². The summed E-state index contributed by atoms with van der Waals surface area (Å²) in [4.78, 5) is 13.0. The molecule has 2 N–H and O–H groups in total. The smallest absolute Gasteiger partial charge is 0.322 e. The fourth-order valence-corrected chi connectivity index (χ4v) is 2.16. The minimum absolute atomic E-state index is 0.426. The van der Waals surface area contributed by atoms with E-state index in [2.05, 4.69) is 5.32 Å². The summed E-state index contributed by atoms with van der Waals surface area (Å²) >= 11 is 0. The molecule has 20 heavy (non-hydrogen) atoms. The quantitative estimate of drug-likeness (QED) is 0.803. The van der Waals surface area contributed by atoms with Crippen LogP contribution in [-0.4, -0.2) is 54.8 Å². The predicted octanol–water partition coefficient (Wildman–Crippen LogP) is 0.295. The van der Waals surface area contributed by atoms with Crippen LogP contribution in [0.5, 0.6) is 5.75 Å². The zero-order chi connectivity index (χ0) is 14.4. The van der Waals surface area contributed by atoms with E-state index in [1.807, 2.05) is 11.0 Å². The van der Waals surface area contributed by atoms with Gasteiger partial charge in [0.2, 0.25) is 0 Å². The number of nitriles is 1. The zero-order valence-electron chi connectivity index (χ0n) is 11.1. The highest BCUT2D eigenvalue weighted by Gasteiger charge is 2.27. The lowest BCUT2D eigenvalue weighted by molar-refractivity contribution is -0.144. The van der Waals surface area contributed by atoms with E-state index in [1.165, 1.54) is 0 Å². The number of rotatable bonds is 5. The van der Waals surface area contributed by atoms with Crippen LogP contribution >= 0.6 is 0 Å². The average molecular weight is 275 g/mol. The minimum atomic E-state index is -0.810. The van der Waals surface area contributed by atoms with Gasteiger partial charge in [-0.2, -0.15) is 5.26 Å². The van der Waals surface area contributed by atoms with Crippen molar-refractivity contribution < 1.29 is 14.6 Å². The molecule has 0 spiro atoms.